The van der Waals surface area contributed by atoms with E-state index in [2.05, 4.69) is 21.2 Å². The first-order chi connectivity index (χ1) is 12.6. The maximum absolute atomic E-state index is 8.79. The average molecular weight is 443 g/mol. The topological polar surface area (TPSA) is 50.7 Å². The van der Waals surface area contributed by atoms with Crippen molar-refractivity contribution in [3.05, 3.63) is 57.0 Å². The second-order valence-corrected chi connectivity index (χ2v) is 7.26. The number of halogens is 2. The van der Waals surface area contributed by atoms with Crippen LogP contribution in [0.1, 0.15) is 30.4 Å². The predicted molar refractivity (Wildman–Crippen MR) is 109 cm³/mol. The molecular weight excluding hydrogens is 418 g/mol. The van der Waals surface area contributed by atoms with Gasteiger partial charge >= 0.3 is 0 Å². The zero-order chi connectivity index (χ0) is 18.8. The Hall–Kier alpha value is -1.27. The average Bonchev–Trinajstić information content (AvgIpc) is 2.64. The standard InChI is InChI=1S/C20H25BrClNO3/c1-25-19-11-16(13-23-8-3-2-4-9-24)18(21)12-20(19)26-14-15-6-5-7-17(22)10-15/h5-7,10-12,23-24H,2-4,8-9,13-14H2,1H3. The smallest absolute Gasteiger partial charge is 0.162 e. The van der Waals surface area contributed by atoms with Gasteiger partial charge in [0.25, 0.3) is 0 Å². The molecule has 0 unspecified atom stereocenters. The highest BCUT2D eigenvalue weighted by Gasteiger charge is 2.11. The zero-order valence-corrected chi connectivity index (χ0v) is 17.3. The van der Waals surface area contributed by atoms with E-state index in [1.807, 2.05) is 36.4 Å². The lowest BCUT2D eigenvalue weighted by molar-refractivity contribution is 0.282. The fraction of sp³-hybridized carbons (Fsp3) is 0.400. The summed E-state index contributed by atoms with van der Waals surface area (Å²) < 4.78 is 12.4. The molecule has 4 nitrogen and oxygen atoms in total. The largest absolute Gasteiger partial charge is 0.493 e. The van der Waals surface area contributed by atoms with Crippen molar-refractivity contribution in [2.75, 3.05) is 20.3 Å². The van der Waals surface area contributed by atoms with E-state index in [4.69, 9.17) is 26.2 Å². The lowest BCUT2D eigenvalue weighted by atomic mass is 10.2. The van der Waals surface area contributed by atoms with E-state index in [0.717, 1.165) is 48.0 Å². The van der Waals surface area contributed by atoms with Crippen LogP contribution in [-0.2, 0) is 13.2 Å². The van der Waals surface area contributed by atoms with Gasteiger partial charge in [-0.15, -0.1) is 0 Å². The second kappa shape index (κ2) is 11.4. The minimum atomic E-state index is 0.263. The van der Waals surface area contributed by atoms with E-state index in [9.17, 15) is 0 Å². The SMILES string of the molecule is COc1cc(CNCCCCCO)c(Br)cc1OCc1cccc(Cl)c1. The molecule has 0 saturated heterocycles. The van der Waals surface area contributed by atoms with Gasteiger partial charge in [-0.1, -0.05) is 39.7 Å². The first-order valence-corrected chi connectivity index (χ1v) is 9.86. The third-order valence-electron chi connectivity index (χ3n) is 3.94. The summed E-state index contributed by atoms with van der Waals surface area (Å²) >= 11 is 9.63. The number of hydrogen-bond donors (Lipinski definition) is 2. The summed E-state index contributed by atoms with van der Waals surface area (Å²) in [6.45, 7) is 2.34. The molecule has 0 bridgehead atoms. The summed E-state index contributed by atoms with van der Waals surface area (Å²) in [7, 11) is 1.64. The summed E-state index contributed by atoms with van der Waals surface area (Å²) in [5.74, 6) is 1.39. The molecule has 0 aliphatic carbocycles. The summed E-state index contributed by atoms with van der Waals surface area (Å²) in [4.78, 5) is 0. The van der Waals surface area contributed by atoms with Crippen molar-refractivity contribution < 1.29 is 14.6 Å². The van der Waals surface area contributed by atoms with Gasteiger partial charge in [0.2, 0.25) is 0 Å². The molecule has 0 amide bonds. The number of unbranched alkanes of at least 4 members (excludes halogenated alkanes) is 2. The van der Waals surface area contributed by atoms with E-state index in [1.165, 1.54) is 0 Å². The lowest BCUT2D eigenvalue weighted by Crippen LogP contribution is -2.15. The highest BCUT2D eigenvalue weighted by Crippen LogP contribution is 2.34. The Balaban J connectivity index is 1.95. The van der Waals surface area contributed by atoms with Crippen LogP contribution in [0.4, 0.5) is 0 Å². The molecule has 26 heavy (non-hydrogen) atoms. The van der Waals surface area contributed by atoms with E-state index >= 15 is 0 Å². The Morgan fingerprint density at radius 2 is 1.96 bits per heavy atom. The summed E-state index contributed by atoms with van der Waals surface area (Å²) in [5.41, 5.74) is 2.11. The predicted octanol–water partition coefficient (Wildman–Crippen LogP) is 4.94. The highest BCUT2D eigenvalue weighted by molar-refractivity contribution is 9.10. The van der Waals surface area contributed by atoms with Crippen molar-refractivity contribution in [1.29, 1.82) is 0 Å². The van der Waals surface area contributed by atoms with Gasteiger partial charge in [0, 0.05) is 22.6 Å². The Kier molecular flexibility index (Phi) is 9.26. The van der Waals surface area contributed by atoms with Gasteiger partial charge in [0.05, 0.1) is 7.11 Å². The van der Waals surface area contributed by atoms with Crippen molar-refractivity contribution in [2.24, 2.45) is 0 Å². The molecule has 0 spiro atoms. The minimum absolute atomic E-state index is 0.263. The molecule has 0 aliphatic rings. The number of nitrogens with one attached hydrogen (secondary N) is 1. The van der Waals surface area contributed by atoms with Crippen LogP contribution in [0, 0.1) is 0 Å². The van der Waals surface area contributed by atoms with Crippen LogP contribution in [0.3, 0.4) is 0 Å². The second-order valence-electron chi connectivity index (χ2n) is 5.97. The fourth-order valence-corrected chi connectivity index (χ4v) is 3.21. The molecule has 6 heteroatoms. The Labute approximate surface area is 168 Å². The monoisotopic (exact) mass is 441 g/mol. The van der Waals surface area contributed by atoms with Gasteiger partial charge in [-0.05, 0) is 61.2 Å². The molecule has 2 aromatic rings. The molecule has 0 radical (unpaired) electrons. The van der Waals surface area contributed by atoms with Gasteiger partial charge in [-0.2, -0.15) is 0 Å². The number of ether oxygens (including phenoxy) is 2. The van der Waals surface area contributed by atoms with Crippen molar-refractivity contribution in [3.8, 4) is 11.5 Å². The fourth-order valence-electron chi connectivity index (χ4n) is 2.53. The Morgan fingerprint density at radius 3 is 2.69 bits per heavy atom. The van der Waals surface area contributed by atoms with Crippen LogP contribution < -0.4 is 14.8 Å². The van der Waals surface area contributed by atoms with Crippen LogP contribution in [-0.4, -0.2) is 25.4 Å². The zero-order valence-electron chi connectivity index (χ0n) is 14.9. The molecule has 2 rings (SSSR count). The van der Waals surface area contributed by atoms with Gasteiger partial charge < -0.3 is 19.9 Å². The lowest BCUT2D eigenvalue weighted by Gasteiger charge is -2.14. The van der Waals surface area contributed by atoms with Crippen LogP contribution >= 0.6 is 27.5 Å². The van der Waals surface area contributed by atoms with Crippen molar-refractivity contribution in [1.82, 2.24) is 5.32 Å². The number of methoxy groups -OCH3 is 1. The molecule has 2 N–H and O–H groups in total. The van der Waals surface area contributed by atoms with Gasteiger partial charge in [0.15, 0.2) is 11.5 Å². The summed E-state index contributed by atoms with van der Waals surface area (Å²) in [6, 6.07) is 11.5. The van der Waals surface area contributed by atoms with E-state index in [0.29, 0.717) is 23.1 Å². The van der Waals surface area contributed by atoms with E-state index in [1.54, 1.807) is 7.11 Å². The van der Waals surface area contributed by atoms with Crippen molar-refractivity contribution in [3.63, 3.8) is 0 Å². The first-order valence-electron chi connectivity index (χ1n) is 8.69. The highest BCUT2D eigenvalue weighted by atomic mass is 79.9. The van der Waals surface area contributed by atoms with E-state index < -0.39 is 0 Å². The van der Waals surface area contributed by atoms with Crippen molar-refractivity contribution >= 4 is 27.5 Å². The van der Waals surface area contributed by atoms with Crippen LogP contribution in [0.5, 0.6) is 11.5 Å². The minimum Gasteiger partial charge on any atom is -0.493 e. The first kappa shape index (κ1) is 21.0. The van der Waals surface area contributed by atoms with Crippen LogP contribution in [0.2, 0.25) is 5.02 Å². The molecule has 0 atom stereocenters. The van der Waals surface area contributed by atoms with Gasteiger partial charge in [-0.3, -0.25) is 0 Å². The molecule has 142 valence electrons. The van der Waals surface area contributed by atoms with Crippen molar-refractivity contribution in [2.45, 2.75) is 32.4 Å². The molecule has 0 heterocycles. The van der Waals surface area contributed by atoms with E-state index in [-0.39, 0.29) is 6.61 Å². The third-order valence-corrected chi connectivity index (χ3v) is 4.92. The number of aliphatic hydroxyl groups excluding tert-OH is 1. The Bertz CT molecular complexity index is 697. The normalized spacial score (nSPS) is 10.8. The quantitative estimate of drug-likeness (QED) is 0.484. The number of hydrogen-bond acceptors (Lipinski definition) is 4. The van der Waals surface area contributed by atoms with Gasteiger partial charge in [-0.25, -0.2) is 0 Å². The molecule has 0 aliphatic heterocycles. The van der Waals surface area contributed by atoms with Crippen LogP contribution in [0.15, 0.2) is 40.9 Å². The van der Waals surface area contributed by atoms with Gasteiger partial charge in [0.1, 0.15) is 6.61 Å². The maximum atomic E-state index is 8.79. The number of aliphatic hydroxyl groups is 1. The molecule has 2 aromatic carbocycles. The summed E-state index contributed by atoms with van der Waals surface area (Å²) in [6.07, 6.45) is 2.94. The number of rotatable bonds is 11. The Morgan fingerprint density at radius 1 is 1.12 bits per heavy atom. The summed E-state index contributed by atoms with van der Waals surface area (Å²) in [5, 5.41) is 12.9. The third kappa shape index (κ3) is 6.80. The molecule has 0 aromatic heterocycles. The number of benzene rings is 2. The molecule has 0 saturated carbocycles. The maximum Gasteiger partial charge on any atom is 0.162 e. The molecule has 0 fully saturated rings. The van der Waals surface area contributed by atoms with Crippen LogP contribution in [0.25, 0.3) is 0 Å². The molecular formula is C20H25BrClNO3.